The average molecular weight is 279 g/mol. The minimum Gasteiger partial charge on any atom is -0.384 e. The summed E-state index contributed by atoms with van der Waals surface area (Å²) in [6.45, 7) is 12.6. The molecule has 0 aliphatic rings. The summed E-state index contributed by atoms with van der Waals surface area (Å²) >= 11 is 0. The van der Waals surface area contributed by atoms with Crippen molar-refractivity contribution in [2.45, 2.75) is 40.0 Å². The van der Waals surface area contributed by atoms with Crippen molar-refractivity contribution < 1.29 is 0 Å². The maximum atomic E-state index is 5.88. The molecule has 0 aliphatic heterocycles. The number of hydrogen-bond acceptors (Lipinski definition) is 5. The van der Waals surface area contributed by atoms with Crippen LogP contribution in [0.3, 0.4) is 0 Å². The van der Waals surface area contributed by atoms with Crippen LogP contribution >= 0.6 is 0 Å². The number of hydrogen-bond donors (Lipinski definition) is 2. The number of aromatic nitrogens is 2. The van der Waals surface area contributed by atoms with Crippen LogP contribution in [-0.2, 0) is 5.41 Å². The smallest absolute Gasteiger partial charge is 0.138 e. The Balaban J connectivity index is 2.81. The Morgan fingerprint density at radius 1 is 1.15 bits per heavy atom. The average Bonchev–Trinajstić information content (AvgIpc) is 2.23. The van der Waals surface area contributed by atoms with E-state index in [0.29, 0.717) is 5.82 Å². The third-order valence-corrected chi connectivity index (χ3v) is 2.91. The molecular formula is C15H29N5. The summed E-state index contributed by atoms with van der Waals surface area (Å²) in [5, 5.41) is 3.39. The molecule has 0 aromatic carbocycles. The van der Waals surface area contributed by atoms with Crippen LogP contribution in [0.15, 0.2) is 6.07 Å². The molecule has 0 radical (unpaired) electrons. The van der Waals surface area contributed by atoms with E-state index in [1.54, 1.807) is 6.07 Å². The number of anilines is 2. The lowest BCUT2D eigenvalue weighted by Crippen LogP contribution is -2.34. The molecule has 0 unspecified atom stereocenters. The molecule has 0 spiro atoms. The van der Waals surface area contributed by atoms with Crippen molar-refractivity contribution in [2.24, 2.45) is 5.41 Å². The monoisotopic (exact) mass is 279 g/mol. The van der Waals surface area contributed by atoms with Gasteiger partial charge in [-0.1, -0.05) is 34.6 Å². The summed E-state index contributed by atoms with van der Waals surface area (Å²) in [7, 11) is 4.17. The first-order valence-electron chi connectivity index (χ1n) is 7.03. The largest absolute Gasteiger partial charge is 0.384 e. The molecule has 0 saturated carbocycles. The molecule has 114 valence electrons. The second-order valence-corrected chi connectivity index (χ2v) is 7.51. The summed E-state index contributed by atoms with van der Waals surface area (Å²) in [5.41, 5.74) is 5.93. The Bertz CT molecular complexity index is 446. The SMILES string of the molecule is CN(C)CC(C)(C)CNc1cc(N)nc(C(C)(C)C)n1. The van der Waals surface area contributed by atoms with Gasteiger partial charge in [-0.25, -0.2) is 9.97 Å². The third-order valence-electron chi connectivity index (χ3n) is 2.91. The van der Waals surface area contributed by atoms with E-state index < -0.39 is 0 Å². The normalized spacial score (nSPS) is 12.8. The zero-order valence-corrected chi connectivity index (χ0v) is 13.9. The van der Waals surface area contributed by atoms with Gasteiger partial charge in [-0.2, -0.15) is 0 Å². The van der Waals surface area contributed by atoms with E-state index in [2.05, 4.69) is 68.9 Å². The molecule has 5 nitrogen and oxygen atoms in total. The summed E-state index contributed by atoms with van der Waals surface area (Å²) in [6, 6.07) is 1.79. The van der Waals surface area contributed by atoms with E-state index in [9.17, 15) is 0 Å². The highest BCUT2D eigenvalue weighted by Gasteiger charge is 2.21. The number of nitrogens with two attached hydrogens (primary N) is 1. The van der Waals surface area contributed by atoms with Gasteiger partial charge in [-0.3, -0.25) is 0 Å². The highest BCUT2D eigenvalue weighted by Crippen LogP contribution is 2.22. The molecule has 0 saturated heterocycles. The molecule has 0 aliphatic carbocycles. The summed E-state index contributed by atoms with van der Waals surface area (Å²) in [5.74, 6) is 2.08. The van der Waals surface area contributed by atoms with Crippen LogP contribution in [0.5, 0.6) is 0 Å². The van der Waals surface area contributed by atoms with Crippen molar-refractivity contribution in [2.75, 3.05) is 38.2 Å². The first-order chi connectivity index (χ1) is 8.99. The molecule has 1 aromatic heterocycles. The standard InChI is InChI=1S/C15H29N5/c1-14(2,3)13-18-11(16)8-12(19-13)17-9-15(4,5)10-20(6)7/h8H,9-10H2,1-7H3,(H3,16,17,18,19). The van der Waals surface area contributed by atoms with E-state index in [0.717, 1.165) is 24.7 Å². The number of nitrogen functional groups attached to an aromatic ring is 1. The van der Waals surface area contributed by atoms with Crippen LogP contribution in [0, 0.1) is 5.41 Å². The first-order valence-corrected chi connectivity index (χ1v) is 7.03. The van der Waals surface area contributed by atoms with Crippen LogP contribution in [0.4, 0.5) is 11.6 Å². The lowest BCUT2D eigenvalue weighted by atomic mass is 9.93. The minimum absolute atomic E-state index is 0.106. The van der Waals surface area contributed by atoms with Crippen molar-refractivity contribution in [1.29, 1.82) is 0 Å². The zero-order chi connectivity index (χ0) is 15.6. The van der Waals surface area contributed by atoms with E-state index in [4.69, 9.17) is 5.73 Å². The molecular weight excluding hydrogens is 250 g/mol. The van der Waals surface area contributed by atoms with Gasteiger partial charge >= 0.3 is 0 Å². The molecule has 0 bridgehead atoms. The molecule has 0 atom stereocenters. The lowest BCUT2D eigenvalue weighted by molar-refractivity contribution is 0.254. The summed E-state index contributed by atoms with van der Waals surface area (Å²) in [4.78, 5) is 11.1. The molecule has 1 aromatic rings. The van der Waals surface area contributed by atoms with Crippen molar-refractivity contribution in [3.63, 3.8) is 0 Å². The molecule has 1 heterocycles. The second kappa shape index (κ2) is 5.95. The predicted molar refractivity (Wildman–Crippen MR) is 86.0 cm³/mol. The highest BCUT2D eigenvalue weighted by molar-refractivity contribution is 5.45. The van der Waals surface area contributed by atoms with E-state index in [1.807, 2.05) is 0 Å². The van der Waals surface area contributed by atoms with Gasteiger partial charge in [-0.05, 0) is 19.5 Å². The number of nitrogens with one attached hydrogen (secondary N) is 1. The van der Waals surface area contributed by atoms with Crippen LogP contribution < -0.4 is 11.1 Å². The summed E-state index contributed by atoms with van der Waals surface area (Å²) in [6.07, 6.45) is 0. The number of nitrogens with zero attached hydrogens (tertiary/aromatic N) is 3. The quantitative estimate of drug-likeness (QED) is 0.866. The van der Waals surface area contributed by atoms with Crippen molar-refractivity contribution in [3.05, 3.63) is 11.9 Å². The predicted octanol–water partition coefficient (Wildman–Crippen LogP) is 2.36. The Morgan fingerprint density at radius 2 is 1.75 bits per heavy atom. The van der Waals surface area contributed by atoms with E-state index in [-0.39, 0.29) is 10.8 Å². The molecule has 0 fully saturated rings. The Kier molecular flexibility index (Phi) is 4.97. The number of rotatable bonds is 5. The van der Waals surface area contributed by atoms with Gasteiger partial charge in [-0.15, -0.1) is 0 Å². The fraction of sp³-hybridized carbons (Fsp3) is 0.733. The third kappa shape index (κ3) is 5.33. The fourth-order valence-corrected chi connectivity index (χ4v) is 2.13. The van der Waals surface area contributed by atoms with Gasteiger partial charge in [0.15, 0.2) is 0 Å². The van der Waals surface area contributed by atoms with Crippen molar-refractivity contribution in [3.8, 4) is 0 Å². The lowest BCUT2D eigenvalue weighted by Gasteiger charge is -2.29. The molecule has 1 rings (SSSR count). The first kappa shape index (κ1) is 16.7. The van der Waals surface area contributed by atoms with Crippen molar-refractivity contribution >= 4 is 11.6 Å². The second-order valence-electron chi connectivity index (χ2n) is 7.51. The van der Waals surface area contributed by atoms with Gasteiger partial charge in [0, 0.05) is 24.6 Å². The van der Waals surface area contributed by atoms with E-state index >= 15 is 0 Å². The van der Waals surface area contributed by atoms with Gasteiger partial charge in [0.25, 0.3) is 0 Å². The Hall–Kier alpha value is -1.36. The Morgan fingerprint density at radius 3 is 2.25 bits per heavy atom. The van der Waals surface area contributed by atoms with Crippen LogP contribution in [0.1, 0.15) is 40.4 Å². The van der Waals surface area contributed by atoms with Crippen LogP contribution in [0.25, 0.3) is 0 Å². The van der Waals surface area contributed by atoms with Crippen LogP contribution in [0.2, 0.25) is 0 Å². The minimum atomic E-state index is -0.106. The maximum Gasteiger partial charge on any atom is 0.138 e. The van der Waals surface area contributed by atoms with E-state index in [1.165, 1.54) is 0 Å². The Labute approximate surface area is 123 Å². The van der Waals surface area contributed by atoms with Crippen molar-refractivity contribution in [1.82, 2.24) is 14.9 Å². The van der Waals surface area contributed by atoms with Gasteiger partial charge < -0.3 is 16.0 Å². The topological polar surface area (TPSA) is 67.1 Å². The fourth-order valence-electron chi connectivity index (χ4n) is 2.13. The molecule has 3 N–H and O–H groups in total. The summed E-state index contributed by atoms with van der Waals surface area (Å²) < 4.78 is 0. The van der Waals surface area contributed by atoms with Gasteiger partial charge in [0.1, 0.15) is 17.5 Å². The van der Waals surface area contributed by atoms with Crippen LogP contribution in [-0.4, -0.2) is 42.1 Å². The van der Waals surface area contributed by atoms with Gasteiger partial charge in [0.05, 0.1) is 0 Å². The molecule has 20 heavy (non-hydrogen) atoms. The highest BCUT2D eigenvalue weighted by atomic mass is 15.1. The maximum absolute atomic E-state index is 5.88. The zero-order valence-electron chi connectivity index (χ0n) is 13.9. The molecule has 0 amide bonds. The molecule has 5 heteroatoms. The van der Waals surface area contributed by atoms with Gasteiger partial charge in [0.2, 0.25) is 0 Å².